The van der Waals surface area contributed by atoms with Crippen molar-refractivity contribution in [1.29, 1.82) is 0 Å². The average molecular weight is 182 g/mol. The van der Waals surface area contributed by atoms with Gasteiger partial charge in [-0.3, -0.25) is 4.79 Å². The Balaban J connectivity index is 2.36. The molecular weight excluding hydrogens is 174 g/mol. The maximum atomic E-state index is 12.6. The quantitative estimate of drug-likeness (QED) is 0.641. The molecule has 0 radical (unpaired) electrons. The standard InChI is InChI=1S/C10H8F2O/c11-8-3-1-7(2-4-8)10(5-6-10)9(12)13/h1-4H,5-6H2. The predicted octanol–water partition coefficient (Wildman–Crippen LogP) is 2.35. The maximum Gasteiger partial charge on any atom is 0.311 e. The molecule has 0 spiro atoms. The van der Waals surface area contributed by atoms with Gasteiger partial charge < -0.3 is 0 Å². The summed E-state index contributed by atoms with van der Waals surface area (Å²) in [6, 6.07) is 4.13. The van der Waals surface area contributed by atoms with Crippen LogP contribution in [0.15, 0.2) is 24.3 Å². The Kier molecular flexibility index (Phi) is 1.68. The average Bonchev–Trinajstić information content (AvgIpc) is 2.86. The normalized spacial score (nSPS) is 18.3. The summed E-state index contributed by atoms with van der Waals surface area (Å²) in [6.45, 7) is 0. The van der Waals surface area contributed by atoms with Crippen molar-refractivity contribution in [2.24, 2.45) is 0 Å². The zero-order valence-corrected chi connectivity index (χ0v) is 6.89. The molecule has 0 aromatic heterocycles. The van der Waals surface area contributed by atoms with Crippen LogP contribution in [0, 0.1) is 5.82 Å². The van der Waals surface area contributed by atoms with Crippen LogP contribution in [0.5, 0.6) is 0 Å². The third-order valence-electron chi connectivity index (χ3n) is 2.52. The molecule has 0 atom stereocenters. The molecule has 1 saturated carbocycles. The van der Waals surface area contributed by atoms with Crippen molar-refractivity contribution in [3.05, 3.63) is 35.6 Å². The topological polar surface area (TPSA) is 17.1 Å². The first kappa shape index (κ1) is 8.35. The summed E-state index contributed by atoms with van der Waals surface area (Å²) in [7, 11) is 0. The number of hydrogen-bond acceptors (Lipinski definition) is 1. The van der Waals surface area contributed by atoms with E-state index in [1.54, 1.807) is 0 Å². The van der Waals surface area contributed by atoms with Gasteiger partial charge >= 0.3 is 6.04 Å². The summed E-state index contributed by atoms with van der Waals surface area (Å²) in [5, 5.41) is 0. The minimum Gasteiger partial charge on any atom is -0.260 e. The van der Waals surface area contributed by atoms with E-state index in [4.69, 9.17) is 0 Å². The molecule has 0 heterocycles. The highest BCUT2D eigenvalue weighted by molar-refractivity contribution is 5.85. The molecule has 0 amide bonds. The highest BCUT2D eigenvalue weighted by Gasteiger charge is 2.51. The SMILES string of the molecule is O=C(F)C1(c2ccc(F)cc2)CC1. The van der Waals surface area contributed by atoms with Gasteiger partial charge in [-0.15, -0.1) is 0 Å². The fraction of sp³-hybridized carbons (Fsp3) is 0.300. The number of hydrogen-bond donors (Lipinski definition) is 0. The van der Waals surface area contributed by atoms with Crippen molar-refractivity contribution >= 4 is 6.04 Å². The fourth-order valence-electron chi connectivity index (χ4n) is 1.49. The van der Waals surface area contributed by atoms with Gasteiger partial charge in [0, 0.05) is 0 Å². The zero-order valence-electron chi connectivity index (χ0n) is 6.89. The second-order valence-electron chi connectivity index (χ2n) is 3.36. The summed E-state index contributed by atoms with van der Waals surface area (Å²) in [4.78, 5) is 10.7. The third kappa shape index (κ3) is 1.24. The van der Waals surface area contributed by atoms with E-state index < -0.39 is 11.5 Å². The molecule has 3 heteroatoms. The molecule has 0 aliphatic heterocycles. The van der Waals surface area contributed by atoms with Crippen molar-refractivity contribution in [3.63, 3.8) is 0 Å². The highest BCUT2D eigenvalue weighted by atomic mass is 19.1. The molecule has 1 fully saturated rings. The smallest absolute Gasteiger partial charge is 0.260 e. The van der Waals surface area contributed by atoms with Crippen LogP contribution in [0.2, 0.25) is 0 Å². The largest absolute Gasteiger partial charge is 0.311 e. The van der Waals surface area contributed by atoms with E-state index >= 15 is 0 Å². The van der Waals surface area contributed by atoms with E-state index in [2.05, 4.69) is 0 Å². The van der Waals surface area contributed by atoms with Crippen molar-refractivity contribution in [2.45, 2.75) is 18.3 Å². The monoisotopic (exact) mass is 182 g/mol. The molecule has 1 aliphatic carbocycles. The zero-order chi connectivity index (χ0) is 9.47. The van der Waals surface area contributed by atoms with Gasteiger partial charge in [-0.25, -0.2) is 4.39 Å². The van der Waals surface area contributed by atoms with Gasteiger partial charge in [0.15, 0.2) is 0 Å². The van der Waals surface area contributed by atoms with Crippen LogP contribution in [0.25, 0.3) is 0 Å². The summed E-state index contributed by atoms with van der Waals surface area (Å²) in [5.41, 5.74) is -0.352. The predicted molar refractivity (Wildman–Crippen MR) is 43.4 cm³/mol. The van der Waals surface area contributed by atoms with E-state index in [1.807, 2.05) is 0 Å². The lowest BCUT2D eigenvalue weighted by molar-refractivity contribution is -0.132. The van der Waals surface area contributed by atoms with Crippen molar-refractivity contribution in [1.82, 2.24) is 0 Å². The molecule has 0 unspecified atom stereocenters. The Bertz CT molecular complexity index is 338. The number of carbonyl (C=O) groups is 1. The Morgan fingerprint density at radius 2 is 1.77 bits per heavy atom. The number of halogens is 2. The Labute approximate surface area is 74.4 Å². The molecule has 1 nitrogen and oxygen atoms in total. The summed E-state index contributed by atoms with van der Waals surface area (Å²) in [5.74, 6) is -0.370. The minimum atomic E-state index is -1.31. The Morgan fingerprint density at radius 3 is 2.15 bits per heavy atom. The fourth-order valence-corrected chi connectivity index (χ4v) is 1.49. The highest BCUT2D eigenvalue weighted by Crippen LogP contribution is 2.49. The summed E-state index contributed by atoms with van der Waals surface area (Å²) < 4.78 is 25.1. The van der Waals surface area contributed by atoms with Crippen LogP contribution in [0.4, 0.5) is 8.78 Å². The van der Waals surface area contributed by atoms with Gasteiger partial charge in [0.2, 0.25) is 0 Å². The van der Waals surface area contributed by atoms with Gasteiger partial charge in [0.1, 0.15) is 5.82 Å². The van der Waals surface area contributed by atoms with Crippen LogP contribution in [0.1, 0.15) is 18.4 Å². The Hall–Kier alpha value is -1.25. The lowest BCUT2D eigenvalue weighted by Crippen LogP contribution is -2.15. The minimum absolute atomic E-state index is 0.370. The molecule has 68 valence electrons. The van der Waals surface area contributed by atoms with Crippen LogP contribution < -0.4 is 0 Å². The molecular formula is C10H8F2O. The molecule has 1 aliphatic rings. The van der Waals surface area contributed by atoms with E-state index in [0.717, 1.165) is 0 Å². The van der Waals surface area contributed by atoms with E-state index in [0.29, 0.717) is 18.4 Å². The van der Waals surface area contributed by atoms with E-state index in [1.165, 1.54) is 24.3 Å². The van der Waals surface area contributed by atoms with Crippen LogP contribution in [-0.2, 0) is 10.2 Å². The molecule has 1 aromatic rings. The van der Waals surface area contributed by atoms with Crippen molar-refractivity contribution in [2.75, 3.05) is 0 Å². The number of carbonyl (C=O) groups excluding carboxylic acids is 1. The summed E-state index contributed by atoms with van der Waals surface area (Å²) in [6.07, 6.45) is 1.07. The second-order valence-corrected chi connectivity index (χ2v) is 3.36. The van der Waals surface area contributed by atoms with Gasteiger partial charge in [-0.05, 0) is 30.5 Å². The van der Waals surface area contributed by atoms with Gasteiger partial charge in [0.25, 0.3) is 0 Å². The van der Waals surface area contributed by atoms with Crippen LogP contribution >= 0.6 is 0 Å². The Morgan fingerprint density at radius 1 is 1.23 bits per heavy atom. The lowest BCUT2D eigenvalue weighted by Gasteiger charge is -2.07. The van der Waals surface area contributed by atoms with E-state index in [9.17, 15) is 13.6 Å². The maximum absolute atomic E-state index is 12.6. The first-order chi connectivity index (χ1) is 6.15. The molecule has 13 heavy (non-hydrogen) atoms. The van der Waals surface area contributed by atoms with Gasteiger partial charge in [0.05, 0.1) is 5.41 Å². The van der Waals surface area contributed by atoms with Crippen LogP contribution in [-0.4, -0.2) is 6.04 Å². The molecule has 1 aromatic carbocycles. The third-order valence-corrected chi connectivity index (χ3v) is 2.52. The number of benzene rings is 1. The number of rotatable bonds is 2. The second kappa shape index (κ2) is 2.62. The van der Waals surface area contributed by atoms with Gasteiger partial charge in [-0.2, -0.15) is 4.39 Å². The van der Waals surface area contributed by atoms with Crippen molar-refractivity contribution in [3.8, 4) is 0 Å². The first-order valence-corrected chi connectivity index (χ1v) is 4.11. The molecule has 0 bridgehead atoms. The van der Waals surface area contributed by atoms with E-state index in [-0.39, 0.29) is 5.82 Å². The summed E-state index contributed by atoms with van der Waals surface area (Å²) >= 11 is 0. The van der Waals surface area contributed by atoms with Crippen molar-refractivity contribution < 1.29 is 13.6 Å². The molecule has 0 saturated heterocycles. The molecule has 2 rings (SSSR count). The first-order valence-electron chi connectivity index (χ1n) is 4.11. The van der Waals surface area contributed by atoms with Crippen LogP contribution in [0.3, 0.4) is 0 Å². The lowest BCUT2D eigenvalue weighted by atomic mass is 9.97. The molecule has 0 N–H and O–H groups in total. The van der Waals surface area contributed by atoms with Gasteiger partial charge in [-0.1, -0.05) is 12.1 Å².